The van der Waals surface area contributed by atoms with Crippen molar-refractivity contribution < 1.29 is 9.59 Å². The molecule has 4 aromatic rings. The summed E-state index contributed by atoms with van der Waals surface area (Å²) < 4.78 is 2.95. The molecule has 0 fully saturated rings. The molecule has 172 valence electrons. The molecule has 8 nitrogen and oxygen atoms in total. The van der Waals surface area contributed by atoms with Gasteiger partial charge in [0.1, 0.15) is 0 Å². The van der Waals surface area contributed by atoms with E-state index in [-0.39, 0.29) is 35.9 Å². The zero-order valence-corrected chi connectivity index (χ0v) is 19.3. The average Bonchev–Trinajstić information content (AvgIpc) is 3.18. The number of nitrogens with one attached hydrogen (secondary N) is 1. The highest BCUT2D eigenvalue weighted by molar-refractivity contribution is 6.15. The second-order valence-electron chi connectivity index (χ2n) is 8.09. The number of ketones is 1. The van der Waals surface area contributed by atoms with E-state index in [4.69, 9.17) is 0 Å². The van der Waals surface area contributed by atoms with Gasteiger partial charge in [-0.3, -0.25) is 14.4 Å². The molecule has 0 spiro atoms. The van der Waals surface area contributed by atoms with Gasteiger partial charge in [-0.25, -0.2) is 9.36 Å². The van der Waals surface area contributed by atoms with E-state index >= 15 is 0 Å². The van der Waals surface area contributed by atoms with E-state index in [1.807, 2.05) is 39.0 Å². The van der Waals surface area contributed by atoms with Crippen molar-refractivity contribution in [2.45, 2.75) is 27.3 Å². The van der Waals surface area contributed by atoms with Gasteiger partial charge in [-0.1, -0.05) is 48.0 Å². The normalized spacial score (nSPS) is 10.8. The number of carbonyl (C=O) groups excluding carboxylic acids is 2. The number of amides is 1. The van der Waals surface area contributed by atoms with Crippen LogP contribution in [-0.2, 0) is 6.54 Å². The Labute approximate surface area is 196 Å². The summed E-state index contributed by atoms with van der Waals surface area (Å²) in [4.78, 5) is 38.1. The molecule has 0 saturated heterocycles. The third-order valence-corrected chi connectivity index (χ3v) is 5.42. The van der Waals surface area contributed by atoms with Gasteiger partial charge < -0.3 is 5.32 Å². The topological polar surface area (TPSA) is 98.9 Å². The first-order valence-corrected chi connectivity index (χ1v) is 10.9. The van der Waals surface area contributed by atoms with Crippen LogP contribution in [-0.4, -0.2) is 37.8 Å². The smallest absolute Gasteiger partial charge is 0.266 e. The van der Waals surface area contributed by atoms with E-state index in [9.17, 15) is 14.4 Å². The second-order valence-corrected chi connectivity index (χ2v) is 8.09. The minimum absolute atomic E-state index is 0.166. The Morgan fingerprint density at radius 3 is 2.26 bits per heavy atom. The van der Waals surface area contributed by atoms with Crippen LogP contribution >= 0.6 is 0 Å². The maximum absolute atomic E-state index is 13.0. The number of nitrogens with zero attached hydrogens (tertiary/aromatic N) is 4. The SMILES string of the molecule is Cc1ccc(C(=O)c2ccccc2C(=O)NCCn2nc(-n3nc(C)cc3C)ccc2=O)cc1. The third kappa shape index (κ3) is 4.85. The van der Waals surface area contributed by atoms with Crippen LogP contribution in [0.3, 0.4) is 0 Å². The molecule has 0 aliphatic rings. The van der Waals surface area contributed by atoms with Crippen LogP contribution in [0.1, 0.15) is 43.2 Å². The predicted octanol–water partition coefficient (Wildman–Crippen LogP) is 3.02. The van der Waals surface area contributed by atoms with Crippen molar-refractivity contribution in [3.8, 4) is 5.82 Å². The molecule has 2 aromatic carbocycles. The number of hydrogen-bond donors (Lipinski definition) is 1. The van der Waals surface area contributed by atoms with Crippen LogP contribution in [0.25, 0.3) is 5.82 Å². The van der Waals surface area contributed by atoms with Crippen molar-refractivity contribution in [3.63, 3.8) is 0 Å². The van der Waals surface area contributed by atoms with Crippen LogP contribution in [0, 0.1) is 20.8 Å². The first kappa shape index (κ1) is 22.8. The Hall–Kier alpha value is -4.33. The lowest BCUT2D eigenvalue weighted by Gasteiger charge is -2.11. The highest BCUT2D eigenvalue weighted by Gasteiger charge is 2.18. The largest absolute Gasteiger partial charge is 0.350 e. The number of benzene rings is 2. The third-order valence-electron chi connectivity index (χ3n) is 5.42. The van der Waals surface area contributed by atoms with Crippen LogP contribution in [0.4, 0.5) is 0 Å². The highest BCUT2D eigenvalue weighted by Crippen LogP contribution is 2.15. The first-order chi connectivity index (χ1) is 16.3. The van der Waals surface area contributed by atoms with Gasteiger partial charge in [-0.05, 0) is 39.0 Å². The molecule has 8 heteroatoms. The molecule has 0 saturated carbocycles. The molecule has 0 unspecified atom stereocenters. The molecule has 0 radical (unpaired) electrons. The van der Waals surface area contributed by atoms with Crippen molar-refractivity contribution in [3.05, 3.63) is 111 Å². The summed E-state index contributed by atoms with van der Waals surface area (Å²) in [6.45, 7) is 6.08. The predicted molar refractivity (Wildman–Crippen MR) is 128 cm³/mol. The van der Waals surface area contributed by atoms with Gasteiger partial charge in [0.15, 0.2) is 11.6 Å². The standard InChI is InChI=1S/C26H25N5O3/c1-17-8-10-20(11-9-17)25(33)21-6-4-5-7-22(21)26(34)27-14-15-30-24(32)13-12-23(29-30)31-19(3)16-18(2)28-31/h4-13,16H,14-15H2,1-3H3,(H,27,34). The van der Waals surface area contributed by atoms with Crippen molar-refractivity contribution in [1.82, 2.24) is 24.9 Å². The second kappa shape index (κ2) is 9.66. The molecule has 2 aromatic heterocycles. The number of rotatable bonds is 7. The maximum atomic E-state index is 13.0. The van der Waals surface area contributed by atoms with E-state index in [1.54, 1.807) is 47.1 Å². The molecule has 0 aliphatic carbocycles. The Kier molecular flexibility index (Phi) is 6.49. The van der Waals surface area contributed by atoms with E-state index in [1.165, 1.54) is 10.7 Å². The minimum atomic E-state index is -0.390. The number of hydrogen-bond acceptors (Lipinski definition) is 5. The lowest BCUT2D eigenvalue weighted by atomic mass is 9.97. The summed E-state index contributed by atoms with van der Waals surface area (Å²) in [5.41, 5.74) is 3.64. The molecule has 4 rings (SSSR count). The quantitative estimate of drug-likeness (QED) is 0.432. The Bertz CT molecular complexity index is 1420. The van der Waals surface area contributed by atoms with Crippen molar-refractivity contribution in [1.29, 1.82) is 0 Å². The van der Waals surface area contributed by atoms with Gasteiger partial charge in [0, 0.05) is 29.4 Å². The van der Waals surface area contributed by atoms with Crippen molar-refractivity contribution >= 4 is 11.7 Å². The Morgan fingerprint density at radius 2 is 1.59 bits per heavy atom. The molecule has 0 aliphatic heterocycles. The first-order valence-electron chi connectivity index (χ1n) is 10.9. The molecular weight excluding hydrogens is 430 g/mol. The van der Waals surface area contributed by atoms with Crippen LogP contribution < -0.4 is 10.9 Å². The number of aromatic nitrogens is 4. The van der Waals surface area contributed by atoms with E-state index in [2.05, 4.69) is 15.5 Å². The fourth-order valence-corrected chi connectivity index (χ4v) is 3.68. The van der Waals surface area contributed by atoms with Crippen LogP contribution in [0.15, 0.2) is 71.5 Å². The van der Waals surface area contributed by atoms with Crippen molar-refractivity contribution in [2.24, 2.45) is 0 Å². The van der Waals surface area contributed by atoms with Gasteiger partial charge >= 0.3 is 0 Å². The van der Waals surface area contributed by atoms with E-state index in [0.717, 1.165) is 17.0 Å². The molecule has 2 heterocycles. The summed E-state index contributed by atoms with van der Waals surface area (Å²) in [6.07, 6.45) is 0. The minimum Gasteiger partial charge on any atom is -0.350 e. The summed E-state index contributed by atoms with van der Waals surface area (Å²) >= 11 is 0. The van der Waals surface area contributed by atoms with Crippen molar-refractivity contribution in [2.75, 3.05) is 6.54 Å². The van der Waals surface area contributed by atoms with E-state index in [0.29, 0.717) is 16.9 Å². The van der Waals surface area contributed by atoms with Gasteiger partial charge in [0.05, 0.1) is 17.8 Å². The fourth-order valence-electron chi connectivity index (χ4n) is 3.68. The summed E-state index contributed by atoms with van der Waals surface area (Å²) in [5, 5.41) is 11.6. The molecule has 1 amide bonds. The zero-order chi connectivity index (χ0) is 24.2. The van der Waals surface area contributed by atoms with Gasteiger partial charge in [0.25, 0.3) is 11.5 Å². The maximum Gasteiger partial charge on any atom is 0.266 e. The number of aryl methyl sites for hydroxylation is 3. The molecule has 1 N–H and O–H groups in total. The lowest BCUT2D eigenvalue weighted by Crippen LogP contribution is -2.33. The zero-order valence-electron chi connectivity index (χ0n) is 19.3. The van der Waals surface area contributed by atoms with Gasteiger partial charge in [-0.2, -0.15) is 5.10 Å². The Morgan fingerprint density at radius 1 is 0.882 bits per heavy atom. The molecule has 0 atom stereocenters. The summed E-state index contributed by atoms with van der Waals surface area (Å²) in [6, 6.07) is 18.9. The van der Waals surface area contributed by atoms with E-state index < -0.39 is 0 Å². The summed E-state index contributed by atoms with van der Waals surface area (Å²) in [7, 11) is 0. The highest BCUT2D eigenvalue weighted by atomic mass is 16.2. The number of carbonyl (C=O) groups is 2. The fraction of sp³-hybridized carbons (Fsp3) is 0.192. The lowest BCUT2D eigenvalue weighted by molar-refractivity contribution is 0.0940. The molecule has 0 bridgehead atoms. The molecular formula is C26H25N5O3. The Balaban J connectivity index is 1.48. The monoisotopic (exact) mass is 455 g/mol. The summed E-state index contributed by atoms with van der Waals surface area (Å²) in [5.74, 6) is -0.0920. The van der Waals surface area contributed by atoms with Gasteiger partial charge in [-0.15, -0.1) is 5.10 Å². The molecule has 34 heavy (non-hydrogen) atoms. The van der Waals surface area contributed by atoms with Crippen LogP contribution in [0.5, 0.6) is 0 Å². The average molecular weight is 456 g/mol. The van der Waals surface area contributed by atoms with Gasteiger partial charge in [0.2, 0.25) is 0 Å². The van der Waals surface area contributed by atoms with Crippen LogP contribution in [0.2, 0.25) is 0 Å².